The maximum absolute atomic E-state index is 11.8. The van der Waals surface area contributed by atoms with Crippen molar-refractivity contribution in [2.24, 2.45) is 0 Å². The standard InChI is InChI=1S/C18H19N3O4/c1-11-12(2)18(23)25-16-7-14(3-4-15(11)16)24-9-17(22)20-6-5-13-8-19-10-21-13/h3-4,7-8,10H,5-6,9H2,1-2H3,(H,19,21)(H,20,22). The van der Waals surface area contributed by atoms with E-state index >= 15 is 0 Å². The molecule has 7 nitrogen and oxygen atoms in total. The number of H-pyrrole nitrogens is 1. The highest BCUT2D eigenvalue weighted by atomic mass is 16.5. The Morgan fingerprint density at radius 1 is 1.32 bits per heavy atom. The van der Waals surface area contributed by atoms with Crippen LogP contribution in [0.2, 0.25) is 0 Å². The summed E-state index contributed by atoms with van der Waals surface area (Å²) in [7, 11) is 0. The number of aryl methyl sites for hydroxylation is 1. The number of carbonyl (C=O) groups is 1. The van der Waals surface area contributed by atoms with Crippen LogP contribution < -0.4 is 15.7 Å². The minimum absolute atomic E-state index is 0.108. The predicted octanol–water partition coefficient (Wildman–Crippen LogP) is 1.87. The fourth-order valence-corrected chi connectivity index (χ4v) is 2.48. The summed E-state index contributed by atoms with van der Waals surface area (Å²) < 4.78 is 10.8. The molecule has 7 heteroatoms. The van der Waals surface area contributed by atoms with Crippen LogP contribution in [0.5, 0.6) is 5.75 Å². The highest BCUT2D eigenvalue weighted by molar-refractivity contribution is 5.82. The number of ether oxygens (including phenoxy) is 1. The first-order valence-corrected chi connectivity index (χ1v) is 7.95. The van der Waals surface area contributed by atoms with Crippen molar-refractivity contribution in [2.75, 3.05) is 13.2 Å². The van der Waals surface area contributed by atoms with Gasteiger partial charge in [-0.05, 0) is 31.5 Å². The fourth-order valence-electron chi connectivity index (χ4n) is 2.48. The first-order valence-electron chi connectivity index (χ1n) is 7.95. The third kappa shape index (κ3) is 3.88. The number of nitrogens with zero attached hydrogens (tertiary/aromatic N) is 1. The number of benzene rings is 1. The Balaban J connectivity index is 1.58. The molecule has 2 heterocycles. The Bertz CT molecular complexity index is 945. The molecule has 0 aliphatic rings. The summed E-state index contributed by atoms with van der Waals surface area (Å²) >= 11 is 0. The van der Waals surface area contributed by atoms with E-state index in [-0.39, 0.29) is 18.1 Å². The van der Waals surface area contributed by atoms with Crippen LogP contribution in [0, 0.1) is 13.8 Å². The molecule has 0 spiro atoms. The second-order valence-corrected chi connectivity index (χ2v) is 5.76. The third-order valence-electron chi connectivity index (χ3n) is 4.07. The van der Waals surface area contributed by atoms with Gasteiger partial charge >= 0.3 is 5.63 Å². The van der Waals surface area contributed by atoms with Gasteiger partial charge in [-0.15, -0.1) is 0 Å². The first kappa shape index (κ1) is 16.8. The molecule has 1 aromatic carbocycles. The number of nitrogens with one attached hydrogen (secondary N) is 2. The van der Waals surface area contributed by atoms with E-state index in [2.05, 4.69) is 15.3 Å². The van der Waals surface area contributed by atoms with Gasteiger partial charge in [0.2, 0.25) is 0 Å². The average molecular weight is 341 g/mol. The number of hydrogen-bond donors (Lipinski definition) is 2. The number of aromatic amines is 1. The molecule has 0 aliphatic heterocycles. The Labute approximate surface area is 144 Å². The summed E-state index contributed by atoms with van der Waals surface area (Å²) in [5, 5.41) is 3.62. The van der Waals surface area contributed by atoms with E-state index in [4.69, 9.17) is 9.15 Å². The fraction of sp³-hybridized carbons (Fsp3) is 0.278. The second-order valence-electron chi connectivity index (χ2n) is 5.76. The minimum Gasteiger partial charge on any atom is -0.484 e. The number of aromatic nitrogens is 2. The van der Waals surface area contributed by atoms with Crippen molar-refractivity contribution in [1.29, 1.82) is 0 Å². The van der Waals surface area contributed by atoms with Crippen molar-refractivity contribution in [3.05, 3.63) is 58.0 Å². The van der Waals surface area contributed by atoms with Crippen molar-refractivity contribution >= 4 is 16.9 Å². The summed E-state index contributed by atoms with van der Waals surface area (Å²) in [6, 6.07) is 5.21. The molecule has 1 amide bonds. The maximum Gasteiger partial charge on any atom is 0.339 e. The molecule has 130 valence electrons. The summed E-state index contributed by atoms with van der Waals surface area (Å²) in [5.74, 6) is 0.253. The molecule has 0 aliphatic carbocycles. The maximum atomic E-state index is 11.8. The number of hydrogen-bond acceptors (Lipinski definition) is 5. The zero-order valence-electron chi connectivity index (χ0n) is 14.1. The quantitative estimate of drug-likeness (QED) is 0.667. The van der Waals surface area contributed by atoms with Crippen LogP contribution in [0.3, 0.4) is 0 Å². The summed E-state index contributed by atoms with van der Waals surface area (Å²) in [6.07, 6.45) is 3.99. The molecule has 0 unspecified atom stereocenters. The second kappa shape index (κ2) is 7.21. The van der Waals surface area contributed by atoms with Crippen LogP contribution in [0.4, 0.5) is 0 Å². The van der Waals surface area contributed by atoms with Gasteiger partial charge in [0.25, 0.3) is 5.91 Å². The molecular formula is C18H19N3O4. The van der Waals surface area contributed by atoms with Crippen LogP contribution in [0.1, 0.15) is 16.8 Å². The van der Waals surface area contributed by atoms with Gasteiger partial charge < -0.3 is 19.5 Å². The monoisotopic (exact) mass is 341 g/mol. The van der Waals surface area contributed by atoms with Gasteiger partial charge in [-0.1, -0.05) is 0 Å². The highest BCUT2D eigenvalue weighted by Gasteiger charge is 2.09. The molecule has 3 rings (SSSR count). The van der Waals surface area contributed by atoms with Gasteiger partial charge in [0, 0.05) is 41.9 Å². The Hall–Kier alpha value is -3.09. The zero-order chi connectivity index (χ0) is 17.8. The Kier molecular flexibility index (Phi) is 4.83. The van der Waals surface area contributed by atoms with E-state index in [9.17, 15) is 9.59 Å². The minimum atomic E-state index is -0.362. The van der Waals surface area contributed by atoms with Crippen LogP contribution in [-0.2, 0) is 11.2 Å². The SMILES string of the molecule is Cc1c(C)c2ccc(OCC(=O)NCCc3cnc[nH]3)cc2oc1=O. The number of fused-ring (bicyclic) bond motifs is 1. The Morgan fingerprint density at radius 3 is 2.92 bits per heavy atom. The van der Waals surface area contributed by atoms with Crippen molar-refractivity contribution in [1.82, 2.24) is 15.3 Å². The first-order chi connectivity index (χ1) is 12.0. The molecule has 25 heavy (non-hydrogen) atoms. The molecule has 0 bridgehead atoms. The molecule has 0 radical (unpaired) electrons. The van der Waals surface area contributed by atoms with E-state index in [0.29, 0.717) is 29.9 Å². The molecule has 2 N–H and O–H groups in total. The Morgan fingerprint density at radius 2 is 2.16 bits per heavy atom. The van der Waals surface area contributed by atoms with Gasteiger partial charge in [-0.3, -0.25) is 4.79 Å². The van der Waals surface area contributed by atoms with Crippen LogP contribution in [-0.4, -0.2) is 29.0 Å². The molecule has 0 fully saturated rings. The van der Waals surface area contributed by atoms with E-state index in [0.717, 1.165) is 16.6 Å². The highest BCUT2D eigenvalue weighted by Crippen LogP contribution is 2.23. The number of carbonyl (C=O) groups excluding carboxylic acids is 1. The lowest BCUT2D eigenvalue weighted by atomic mass is 10.1. The average Bonchev–Trinajstić information content (AvgIpc) is 3.11. The molecule has 0 atom stereocenters. The number of imidazole rings is 1. The summed E-state index contributed by atoms with van der Waals surface area (Å²) in [6.45, 7) is 4.00. The van der Waals surface area contributed by atoms with Gasteiger partial charge in [-0.2, -0.15) is 0 Å². The molecule has 2 aromatic heterocycles. The van der Waals surface area contributed by atoms with Gasteiger partial charge in [-0.25, -0.2) is 9.78 Å². The third-order valence-corrected chi connectivity index (χ3v) is 4.07. The van der Waals surface area contributed by atoms with E-state index in [1.807, 2.05) is 13.0 Å². The normalized spacial score (nSPS) is 10.8. The number of amides is 1. The van der Waals surface area contributed by atoms with Crippen LogP contribution in [0.25, 0.3) is 11.0 Å². The molecule has 3 aromatic rings. The summed E-state index contributed by atoms with van der Waals surface area (Å²) in [5.41, 5.74) is 2.52. The largest absolute Gasteiger partial charge is 0.484 e. The van der Waals surface area contributed by atoms with Crippen LogP contribution >= 0.6 is 0 Å². The smallest absolute Gasteiger partial charge is 0.339 e. The van der Waals surface area contributed by atoms with Crippen molar-refractivity contribution < 1.29 is 13.9 Å². The van der Waals surface area contributed by atoms with E-state index < -0.39 is 0 Å². The molecular weight excluding hydrogens is 322 g/mol. The lowest BCUT2D eigenvalue weighted by Crippen LogP contribution is -2.30. The van der Waals surface area contributed by atoms with Gasteiger partial charge in [0.15, 0.2) is 6.61 Å². The van der Waals surface area contributed by atoms with E-state index in [1.54, 1.807) is 31.6 Å². The predicted molar refractivity (Wildman–Crippen MR) is 92.8 cm³/mol. The number of rotatable bonds is 6. The molecule has 0 saturated carbocycles. The van der Waals surface area contributed by atoms with Crippen LogP contribution in [0.15, 0.2) is 39.9 Å². The van der Waals surface area contributed by atoms with Crippen molar-refractivity contribution in [3.63, 3.8) is 0 Å². The van der Waals surface area contributed by atoms with Gasteiger partial charge in [0.05, 0.1) is 6.33 Å². The summed E-state index contributed by atoms with van der Waals surface area (Å²) in [4.78, 5) is 30.5. The zero-order valence-corrected chi connectivity index (χ0v) is 14.1. The van der Waals surface area contributed by atoms with Gasteiger partial charge in [0.1, 0.15) is 11.3 Å². The van der Waals surface area contributed by atoms with E-state index in [1.165, 1.54) is 0 Å². The molecule has 0 saturated heterocycles. The van der Waals surface area contributed by atoms with Crippen molar-refractivity contribution in [2.45, 2.75) is 20.3 Å². The van der Waals surface area contributed by atoms with Crippen molar-refractivity contribution in [3.8, 4) is 5.75 Å². The lowest BCUT2D eigenvalue weighted by molar-refractivity contribution is -0.123. The topological polar surface area (TPSA) is 97.2 Å². The lowest BCUT2D eigenvalue weighted by Gasteiger charge is -2.09.